The van der Waals surface area contributed by atoms with Gasteiger partial charge in [0.2, 0.25) is 0 Å². The van der Waals surface area contributed by atoms with Crippen molar-refractivity contribution in [3.63, 3.8) is 0 Å². The van der Waals surface area contributed by atoms with E-state index in [9.17, 15) is 4.79 Å². The Labute approximate surface area is 124 Å². The van der Waals surface area contributed by atoms with E-state index in [0.717, 1.165) is 12.8 Å². The number of hydrogen-bond donors (Lipinski definition) is 3. The van der Waals surface area contributed by atoms with Gasteiger partial charge in [-0.05, 0) is 36.8 Å². The number of nitrogen functional groups attached to an aromatic ring is 1. The highest BCUT2D eigenvalue weighted by Gasteiger charge is 2.29. The quantitative estimate of drug-likeness (QED) is 0.748. The number of halogens is 1. The number of nitrogens with two attached hydrogens (primary N) is 2. The van der Waals surface area contributed by atoms with Crippen molar-refractivity contribution < 1.29 is 4.79 Å². The van der Waals surface area contributed by atoms with Crippen LogP contribution in [0.1, 0.15) is 49.9 Å². The van der Waals surface area contributed by atoms with Crippen LogP contribution < -0.4 is 16.8 Å². The van der Waals surface area contributed by atoms with Crippen LogP contribution in [0.15, 0.2) is 12.1 Å². The number of anilines is 2. The summed E-state index contributed by atoms with van der Waals surface area (Å²) in [5.41, 5.74) is 12.9. The van der Waals surface area contributed by atoms with Gasteiger partial charge in [0.1, 0.15) is 0 Å². The van der Waals surface area contributed by atoms with E-state index >= 15 is 0 Å². The second-order valence-electron chi connectivity index (χ2n) is 6.39. The SMILES string of the molecule is CC1(C)CCCC(Nc2c(Cl)cc(N)cc2C(N)=O)C1. The molecule has 20 heavy (non-hydrogen) atoms. The van der Waals surface area contributed by atoms with Crippen molar-refractivity contribution in [2.24, 2.45) is 11.1 Å². The van der Waals surface area contributed by atoms with Gasteiger partial charge >= 0.3 is 0 Å². The first kappa shape index (κ1) is 15.0. The van der Waals surface area contributed by atoms with Crippen LogP contribution in [0.3, 0.4) is 0 Å². The third-order valence-electron chi connectivity index (χ3n) is 3.93. The molecule has 0 bridgehead atoms. The fourth-order valence-electron chi connectivity index (χ4n) is 2.99. The zero-order chi connectivity index (χ0) is 14.9. The van der Waals surface area contributed by atoms with Crippen molar-refractivity contribution in [1.82, 2.24) is 0 Å². The lowest BCUT2D eigenvalue weighted by atomic mass is 9.75. The molecule has 110 valence electrons. The summed E-state index contributed by atoms with van der Waals surface area (Å²) in [5.74, 6) is -0.517. The van der Waals surface area contributed by atoms with Crippen LogP contribution in [0.25, 0.3) is 0 Å². The van der Waals surface area contributed by atoms with E-state index in [1.807, 2.05) is 0 Å². The average molecular weight is 296 g/mol. The van der Waals surface area contributed by atoms with Crippen LogP contribution in [0.5, 0.6) is 0 Å². The smallest absolute Gasteiger partial charge is 0.250 e. The lowest BCUT2D eigenvalue weighted by Gasteiger charge is -2.36. The van der Waals surface area contributed by atoms with Crippen molar-refractivity contribution in [3.8, 4) is 0 Å². The maximum Gasteiger partial charge on any atom is 0.250 e. The third kappa shape index (κ3) is 3.37. The molecule has 0 aromatic heterocycles. The van der Waals surface area contributed by atoms with Crippen LogP contribution in [-0.4, -0.2) is 11.9 Å². The van der Waals surface area contributed by atoms with Gasteiger partial charge < -0.3 is 16.8 Å². The summed E-state index contributed by atoms with van der Waals surface area (Å²) >= 11 is 6.22. The molecule has 1 aliphatic rings. The number of benzene rings is 1. The minimum atomic E-state index is -0.517. The number of rotatable bonds is 3. The monoisotopic (exact) mass is 295 g/mol. The predicted molar refractivity (Wildman–Crippen MR) is 84.0 cm³/mol. The first-order chi connectivity index (χ1) is 9.28. The molecule has 4 nitrogen and oxygen atoms in total. The molecule has 5 N–H and O–H groups in total. The van der Waals surface area contributed by atoms with Crippen LogP contribution in [0.2, 0.25) is 5.02 Å². The minimum Gasteiger partial charge on any atom is -0.399 e. The van der Waals surface area contributed by atoms with Gasteiger partial charge in [-0.2, -0.15) is 0 Å². The normalized spacial score (nSPS) is 21.4. The van der Waals surface area contributed by atoms with Gasteiger partial charge in [-0.3, -0.25) is 4.79 Å². The summed E-state index contributed by atoms with van der Waals surface area (Å²) in [4.78, 5) is 11.6. The van der Waals surface area contributed by atoms with Gasteiger partial charge in [-0.15, -0.1) is 0 Å². The molecule has 1 atom stereocenters. The zero-order valence-electron chi connectivity index (χ0n) is 12.0. The van der Waals surface area contributed by atoms with E-state index in [1.54, 1.807) is 12.1 Å². The zero-order valence-corrected chi connectivity index (χ0v) is 12.8. The fourth-order valence-corrected chi connectivity index (χ4v) is 3.28. The summed E-state index contributed by atoms with van der Waals surface area (Å²) < 4.78 is 0. The van der Waals surface area contributed by atoms with Gasteiger partial charge in [-0.25, -0.2) is 0 Å². The third-order valence-corrected chi connectivity index (χ3v) is 4.23. The Hall–Kier alpha value is -1.42. The number of nitrogens with one attached hydrogen (secondary N) is 1. The fraction of sp³-hybridized carbons (Fsp3) is 0.533. The molecule has 1 aromatic carbocycles. The summed E-state index contributed by atoms with van der Waals surface area (Å²) in [5, 5.41) is 3.84. The summed E-state index contributed by atoms with van der Waals surface area (Å²) in [6.07, 6.45) is 4.51. The Kier molecular flexibility index (Phi) is 4.14. The van der Waals surface area contributed by atoms with E-state index in [4.69, 9.17) is 23.1 Å². The maximum absolute atomic E-state index is 11.6. The summed E-state index contributed by atoms with van der Waals surface area (Å²) in [6.45, 7) is 4.53. The number of carbonyl (C=O) groups is 1. The lowest BCUT2D eigenvalue weighted by molar-refractivity contribution is 0.100. The molecule has 1 saturated carbocycles. The van der Waals surface area contributed by atoms with E-state index in [1.165, 1.54) is 12.8 Å². The first-order valence-corrected chi connectivity index (χ1v) is 7.32. The molecular formula is C15H22ClN3O. The van der Waals surface area contributed by atoms with E-state index in [2.05, 4.69) is 19.2 Å². The highest BCUT2D eigenvalue weighted by atomic mass is 35.5. The van der Waals surface area contributed by atoms with Crippen LogP contribution in [0.4, 0.5) is 11.4 Å². The molecule has 1 aromatic rings. The molecule has 1 fully saturated rings. The summed E-state index contributed by atoms with van der Waals surface area (Å²) in [6, 6.07) is 3.52. The van der Waals surface area contributed by atoms with Gasteiger partial charge in [0.15, 0.2) is 0 Å². The molecule has 2 rings (SSSR count). The molecule has 0 radical (unpaired) electrons. The van der Waals surface area contributed by atoms with E-state index in [0.29, 0.717) is 33.4 Å². The Morgan fingerprint density at radius 3 is 2.75 bits per heavy atom. The molecule has 1 unspecified atom stereocenters. The number of hydrogen-bond acceptors (Lipinski definition) is 3. The van der Waals surface area contributed by atoms with E-state index in [-0.39, 0.29) is 0 Å². The molecule has 5 heteroatoms. The highest BCUT2D eigenvalue weighted by molar-refractivity contribution is 6.34. The standard InChI is InChI=1S/C15H22ClN3O/c1-15(2)5-3-4-10(8-15)19-13-11(14(18)20)6-9(17)7-12(13)16/h6-7,10,19H,3-5,8,17H2,1-2H3,(H2,18,20). The molecule has 0 saturated heterocycles. The van der Waals surface area contributed by atoms with Gasteiger partial charge in [0, 0.05) is 11.7 Å². The molecule has 1 aliphatic carbocycles. The Morgan fingerprint density at radius 2 is 2.15 bits per heavy atom. The van der Waals surface area contributed by atoms with Crippen LogP contribution in [0, 0.1) is 5.41 Å². The number of carbonyl (C=O) groups excluding carboxylic acids is 1. The van der Waals surface area contributed by atoms with E-state index < -0.39 is 5.91 Å². The van der Waals surface area contributed by atoms with Gasteiger partial charge in [-0.1, -0.05) is 31.9 Å². The van der Waals surface area contributed by atoms with Gasteiger partial charge in [0.25, 0.3) is 5.91 Å². The first-order valence-electron chi connectivity index (χ1n) is 6.94. The predicted octanol–water partition coefficient (Wildman–Crippen LogP) is 3.40. The second-order valence-corrected chi connectivity index (χ2v) is 6.80. The van der Waals surface area contributed by atoms with Crippen molar-refractivity contribution in [1.29, 1.82) is 0 Å². The Balaban J connectivity index is 2.27. The van der Waals surface area contributed by atoms with Crippen LogP contribution >= 0.6 is 11.6 Å². The maximum atomic E-state index is 11.6. The topological polar surface area (TPSA) is 81.1 Å². The van der Waals surface area contributed by atoms with Crippen molar-refractivity contribution >= 4 is 28.9 Å². The van der Waals surface area contributed by atoms with Gasteiger partial charge in [0.05, 0.1) is 16.3 Å². The highest BCUT2D eigenvalue weighted by Crippen LogP contribution is 2.38. The van der Waals surface area contributed by atoms with Crippen molar-refractivity contribution in [3.05, 3.63) is 22.7 Å². The Morgan fingerprint density at radius 1 is 1.45 bits per heavy atom. The molecular weight excluding hydrogens is 274 g/mol. The average Bonchev–Trinajstić information content (AvgIpc) is 2.30. The molecule has 0 aliphatic heterocycles. The second kappa shape index (κ2) is 5.52. The molecule has 0 spiro atoms. The molecule has 0 heterocycles. The van der Waals surface area contributed by atoms with Crippen molar-refractivity contribution in [2.45, 2.75) is 45.6 Å². The minimum absolute atomic E-state index is 0.304. The molecule has 1 amide bonds. The Bertz CT molecular complexity index is 528. The summed E-state index contributed by atoms with van der Waals surface area (Å²) in [7, 11) is 0. The largest absolute Gasteiger partial charge is 0.399 e. The van der Waals surface area contributed by atoms with Crippen LogP contribution in [-0.2, 0) is 0 Å². The number of primary amides is 1. The number of amides is 1. The lowest BCUT2D eigenvalue weighted by Crippen LogP contribution is -2.32. The van der Waals surface area contributed by atoms with Crippen molar-refractivity contribution in [2.75, 3.05) is 11.1 Å².